The molecule has 0 amide bonds. The molecule has 0 fully saturated rings. The molecular formula is C19H10FNO4. The van der Waals surface area contributed by atoms with Crippen LogP contribution >= 0.6 is 0 Å². The number of pyridine rings is 1. The molecule has 0 saturated heterocycles. The molecule has 2 aromatic carbocycles. The van der Waals surface area contributed by atoms with E-state index in [1.165, 1.54) is 42.6 Å². The van der Waals surface area contributed by atoms with Crippen LogP contribution in [0.4, 0.5) is 4.39 Å². The van der Waals surface area contributed by atoms with Crippen molar-refractivity contribution in [3.63, 3.8) is 0 Å². The van der Waals surface area contributed by atoms with Gasteiger partial charge in [-0.2, -0.15) is 0 Å². The van der Waals surface area contributed by atoms with Gasteiger partial charge in [0, 0.05) is 17.1 Å². The first-order valence-electron chi connectivity index (χ1n) is 7.39. The number of carbonyl (C=O) groups excluding carboxylic acids is 1. The van der Waals surface area contributed by atoms with Gasteiger partial charge in [0.2, 0.25) is 0 Å². The highest BCUT2D eigenvalue weighted by molar-refractivity contribution is 6.12. The van der Waals surface area contributed by atoms with Gasteiger partial charge in [-0.3, -0.25) is 9.78 Å². The number of rotatable bonds is 2. The second-order valence-electron chi connectivity index (χ2n) is 5.50. The van der Waals surface area contributed by atoms with Crippen molar-refractivity contribution in [3.05, 3.63) is 82.1 Å². The monoisotopic (exact) mass is 335 g/mol. The second-order valence-corrected chi connectivity index (χ2v) is 5.50. The Bertz CT molecular complexity index is 1210. The van der Waals surface area contributed by atoms with Gasteiger partial charge >= 0.3 is 5.63 Å². The van der Waals surface area contributed by atoms with Gasteiger partial charge in [-0.05, 0) is 36.4 Å². The molecule has 1 N–H and O–H groups in total. The predicted octanol–water partition coefficient (Wildman–Crippen LogP) is 3.42. The van der Waals surface area contributed by atoms with E-state index < -0.39 is 17.2 Å². The predicted molar refractivity (Wildman–Crippen MR) is 89.3 cm³/mol. The first-order valence-corrected chi connectivity index (χ1v) is 7.39. The zero-order valence-corrected chi connectivity index (χ0v) is 12.7. The van der Waals surface area contributed by atoms with Gasteiger partial charge in [0.15, 0.2) is 5.78 Å². The number of carbonyl (C=O) groups is 1. The topological polar surface area (TPSA) is 80.4 Å². The number of para-hydroxylation sites is 1. The fourth-order valence-electron chi connectivity index (χ4n) is 2.71. The van der Waals surface area contributed by atoms with E-state index in [0.29, 0.717) is 5.39 Å². The lowest BCUT2D eigenvalue weighted by molar-refractivity contribution is 0.103. The molecule has 0 bridgehead atoms. The normalized spacial score (nSPS) is 11.1. The minimum Gasteiger partial charge on any atom is -0.507 e. The lowest BCUT2D eigenvalue weighted by Gasteiger charge is -2.06. The van der Waals surface area contributed by atoms with Crippen LogP contribution in [-0.4, -0.2) is 15.9 Å². The van der Waals surface area contributed by atoms with Crippen molar-refractivity contribution in [1.82, 2.24) is 4.98 Å². The molecule has 0 saturated carbocycles. The number of aromatic nitrogens is 1. The molecule has 25 heavy (non-hydrogen) atoms. The maximum Gasteiger partial charge on any atom is 0.345 e. The largest absolute Gasteiger partial charge is 0.507 e. The third-order valence-electron chi connectivity index (χ3n) is 3.92. The highest BCUT2D eigenvalue weighted by atomic mass is 19.1. The summed E-state index contributed by atoms with van der Waals surface area (Å²) in [5.74, 6) is -1.13. The highest BCUT2D eigenvalue weighted by Crippen LogP contribution is 2.25. The Morgan fingerprint density at radius 3 is 2.68 bits per heavy atom. The van der Waals surface area contributed by atoms with Gasteiger partial charge in [-0.1, -0.05) is 12.1 Å². The van der Waals surface area contributed by atoms with E-state index in [4.69, 9.17) is 4.42 Å². The van der Waals surface area contributed by atoms with Crippen molar-refractivity contribution in [2.45, 2.75) is 0 Å². The van der Waals surface area contributed by atoms with E-state index in [-0.39, 0.29) is 33.4 Å². The summed E-state index contributed by atoms with van der Waals surface area (Å²) in [4.78, 5) is 28.9. The molecule has 2 heterocycles. The van der Waals surface area contributed by atoms with E-state index in [9.17, 15) is 19.1 Å². The Hall–Kier alpha value is -3.54. The van der Waals surface area contributed by atoms with Crippen LogP contribution < -0.4 is 5.63 Å². The molecule has 5 nitrogen and oxygen atoms in total. The van der Waals surface area contributed by atoms with Gasteiger partial charge < -0.3 is 9.52 Å². The Labute approximate surface area is 140 Å². The molecular weight excluding hydrogens is 325 g/mol. The molecule has 4 aromatic rings. The van der Waals surface area contributed by atoms with Crippen LogP contribution in [0.3, 0.4) is 0 Å². The number of aromatic hydroxyl groups is 1. The lowest BCUT2D eigenvalue weighted by Crippen LogP contribution is -2.06. The van der Waals surface area contributed by atoms with Crippen molar-refractivity contribution in [3.8, 4) is 5.75 Å². The molecule has 6 heteroatoms. The van der Waals surface area contributed by atoms with E-state index in [0.717, 1.165) is 0 Å². The van der Waals surface area contributed by atoms with Gasteiger partial charge in [0.1, 0.15) is 17.1 Å². The van der Waals surface area contributed by atoms with Gasteiger partial charge in [-0.25, -0.2) is 9.18 Å². The Kier molecular flexibility index (Phi) is 3.32. The van der Waals surface area contributed by atoms with Crippen LogP contribution in [0.1, 0.15) is 15.9 Å². The maximum absolute atomic E-state index is 13.5. The maximum atomic E-state index is 13.5. The number of hydrogen-bond acceptors (Lipinski definition) is 5. The zero-order valence-electron chi connectivity index (χ0n) is 12.7. The number of phenolic OH excluding ortho intramolecular Hbond substituents is 1. The second kappa shape index (κ2) is 5.52. The minimum absolute atomic E-state index is 0.0689. The SMILES string of the molecule is O=C(c1cnc2c(c1)c(=O)oc1ccc(F)cc12)c1ccccc1O. The van der Waals surface area contributed by atoms with E-state index in [1.807, 2.05) is 0 Å². The Morgan fingerprint density at radius 2 is 1.88 bits per heavy atom. The van der Waals surface area contributed by atoms with Gasteiger partial charge in [0.05, 0.1) is 16.5 Å². The molecule has 122 valence electrons. The summed E-state index contributed by atoms with van der Waals surface area (Å²) < 4.78 is 18.7. The van der Waals surface area contributed by atoms with Gasteiger partial charge in [0.25, 0.3) is 0 Å². The van der Waals surface area contributed by atoms with Crippen molar-refractivity contribution >= 4 is 27.7 Å². The van der Waals surface area contributed by atoms with Crippen molar-refractivity contribution in [1.29, 1.82) is 0 Å². The quantitative estimate of drug-likeness (QED) is 0.345. The first kappa shape index (κ1) is 15.0. The average molecular weight is 335 g/mol. The van der Waals surface area contributed by atoms with E-state index >= 15 is 0 Å². The summed E-state index contributed by atoms with van der Waals surface area (Å²) in [6, 6.07) is 11.2. The summed E-state index contributed by atoms with van der Waals surface area (Å²) >= 11 is 0. The van der Waals surface area contributed by atoms with Crippen LogP contribution in [0.2, 0.25) is 0 Å². The molecule has 0 aliphatic carbocycles. The third-order valence-corrected chi connectivity index (χ3v) is 3.92. The van der Waals surface area contributed by atoms with Crippen LogP contribution in [0.25, 0.3) is 21.9 Å². The Morgan fingerprint density at radius 1 is 1.08 bits per heavy atom. The molecule has 0 spiro atoms. The molecule has 0 atom stereocenters. The van der Waals surface area contributed by atoms with E-state index in [2.05, 4.69) is 4.98 Å². The summed E-state index contributed by atoms with van der Waals surface area (Å²) in [5, 5.41) is 10.2. The minimum atomic E-state index is -0.673. The number of ketones is 1. The average Bonchev–Trinajstić information content (AvgIpc) is 2.62. The van der Waals surface area contributed by atoms with Crippen molar-refractivity contribution in [2.24, 2.45) is 0 Å². The molecule has 0 radical (unpaired) electrons. The smallest absolute Gasteiger partial charge is 0.345 e. The summed E-state index contributed by atoms with van der Waals surface area (Å²) in [6.07, 6.45) is 1.29. The number of halogens is 1. The molecule has 0 aliphatic heterocycles. The number of phenols is 1. The van der Waals surface area contributed by atoms with Gasteiger partial charge in [-0.15, -0.1) is 0 Å². The van der Waals surface area contributed by atoms with E-state index in [1.54, 1.807) is 12.1 Å². The molecule has 4 rings (SSSR count). The number of hydrogen-bond donors (Lipinski definition) is 1. The van der Waals surface area contributed by atoms with Crippen LogP contribution in [-0.2, 0) is 0 Å². The summed E-state index contributed by atoms with van der Waals surface area (Å²) in [5.41, 5.74) is 0.0104. The number of nitrogens with zero attached hydrogens (tertiary/aromatic N) is 1. The highest BCUT2D eigenvalue weighted by Gasteiger charge is 2.16. The standard InChI is InChI=1S/C19H10FNO4/c20-11-5-6-16-13(8-11)17-14(19(24)25-16)7-10(9-21-17)18(23)12-3-1-2-4-15(12)22/h1-9,22H. The van der Waals surface area contributed by atoms with Crippen LogP contribution in [0.5, 0.6) is 5.75 Å². The lowest BCUT2D eigenvalue weighted by atomic mass is 10.0. The summed E-state index contributed by atoms with van der Waals surface area (Å²) in [6.45, 7) is 0. The van der Waals surface area contributed by atoms with Crippen molar-refractivity contribution < 1.29 is 18.7 Å². The fraction of sp³-hybridized carbons (Fsp3) is 0. The van der Waals surface area contributed by atoms with Crippen LogP contribution in [0.15, 0.2) is 63.9 Å². The fourth-order valence-corrected chi connectivity index (χ4v) is 2.71. The summed E-state index contributed by atoms with van der Waals surface area (Å²) in [7, 11) is 0. The zero-order chi connectivity index (χ0) is 17.6. The number of fused-ring (bicyclic) bond motifs is 3. The third kappa shape index (κ3) is 2.44. The first-order chi connectivity index (χ1) is 12.0. The molecule has 0 aliphatic rings. The molecule has 2 aromatic heterocycles. The number of benzene rings is 2. The molecule has 0 unspecified atom stereocenters. The van der Waals surface area contributed by atoms with Crippen LogP contribution in [0, 0.1) is 5.82 Å². The Balaban J connectivity index is 1.96. The van der Waals surface area contributed by atoms with Crippen molar-refractivity contribution in [2.75, 3.05) is 0 Å².